The largest absolute Gasteiger partial charge is 0.495 e. The fraction of sp³-hybridized carbons (Fsp3) is 0.333. The van der Waals surface area contributed by atoms with Gasteiger partial charge in [-0.3, -0.25) is 0 Å². The number of hydrogen-bond acceptors (Lipinski definition) is 8. The minimum absolute atomic E-state index is 0.377. The molecule has 0 aliphatic rings. The Bertz CT molecular complexity index is 699. The fourth-order valence-corrected chi connectivity index (χ4v) is 2.23. The third kappa shape index (κ3) is 4.09. The highest BCUT2D eigenvalue weighted by Crippen LogP contribution is 2.38. The quantitative estimate of drug-likeness (QED) is 0.622. The van der Waals surface area contributed by atoms with Crippen molar-refractivity contribution in [3.63, 3.8) is 0 Å². The first-order valence-electron chi connectivity index (χ1n) is 7.12. The predicted molar refractivity (Wildman–Crippen MR) is 94.6 cm³/mol. The molecule has 8 nitrogen and oxygen atoms in total. The van der Waals surface area contributed by atoms with E-state index < -0.39 is 0 Å². The Morgan fingerprint density at radius 3 is 2.46 bits per heavy atom. The van der Waals surface area contributed by atoms with Gasteiger partial charge in [0.2, 0.25) is 0 Å². The Balaban J connectivity index is 2.28. The van der Waals surface area contributed by atoms with Crippen LogP contribution >= 0.6 is 11.6 Å². The van der Waals surface area contributed by atoms with Crippen LogP contribution in [0.3, 0.4) is 0 Å². The van der Waals surface area contributed by atoms with Gasteiger partial charge in [-0.05, 0) is 6.07 Å². The zero-order chi connectivity index (χ0) is 17.5. The Morgan fingerprint density at radius 1 is 1.08 bits per heavy atom. The number of rotatable bonds is 8. The van der Waals surface area contributed by atoms with Crippen LogP contribution in [0.4, 0.5) is 23.0 Å². The first kappa shape index (κ1) is 17.9. The average molecular weight is 354 g/mol. The molecule has 0 fully saturated rings. The minimum atomic E-state index is 0.377. The molecule has 9 heteroatoms. The zero-order valence-electron chi connectivity index (χ0n) is 13.7. The number of ether oxygens (including phenoxy) is 3. The maximum Gasteiger partial charge on any atom is 0.159 e. The van der Waals surface area contributed by atoms with Crippen molar-refractivity contribution in [1.29, 1.82) is 0 Å². The first-order valence-corrected chi connectivity index (χ1v) is 7.50. The summed E-state index contributed by atoms with van der Waals surface area (Å²) in [6.07, 6.45) is 1.41. The Kier molecular flexibility index (Phi) is 6.28. The number of anilines is 4. The molecule has 0 saturated carbocycles. The van der Waals surface area contributed by atoms with Gasteiger partial charge < -0.3 is 30.6 Å². The van der Waals surface area contributed by atoms with E-state index in [4.69, 9.17) is 31.5 Å². The molecule has 0 radical (unpaired) electrons. The van der Waals surface area contributed by atoms with Crippen LogP contribution in [-0.2, 0) is 4.74 Å². The molecule has 0 amide bonds. The van der Waals surface area contributed by atoms with Crippen molar-refractivity contribution in [1.82, 2.24) is 9.97 Å². The Morgan fingerprint density at radius 2 is 1.79 bits per heavy atom. The lowest BCUT2D eigenvalue weighted by atomic mass is 10.2. The van der Waals surface area contributed by atoms with Gasteiger partial charge in [0.1, 0.15) is 23.5 Å². The van der Waals surface area contributed by atoms with Crippen LogP contribution in [-0.4, -0.2) is 44.4 Å². The van der Waals surface area contributed by atoms with Gasteiger partial charge in [-0.25, -0.2) is 9.97 Å². The van der Waals surface area contributed by atoms with Crippen LogP contribution in [0.25, 0.3) is 0 Å². The second kappa shape index (κ2) is 8.42. The van der Waals surface area contributed by atoms with Gasteiger partial charge in [0.05, 0.1) is 31.5 Å². The zero-order valence-corrected chi connectivity index (χ0v) is 14.5. The molecule has 130 valence electrons. The van der Waals surface area contributed by atoms with Gasteiger partial charge in [-0.15, -0.1) is 0 Å². The molecular formula is C15H20ClN5O3. The predicted octanol–water partition coefficient (Wildman–Crippen LogP) is 2.53. The number of benzene rings is 1. The summed E-state index contributed by atoms with van der Waals surface area (Å²) in [5, 5.41) is 6.62. The molecule has 0 aliphatic carbocycles. The summed E-state index contributed by atoms with van der Waals surface area (Å²) in [5.41, 5.74) is 7.10. The van der Waals surface area contributed by atoms with Crippen molar-refractivity contribution in [2.24, 2.45) is 0 Å². The smallest absolute Gasteiger partial charge is 0.159 e. The highest BCUT2D eigenvalue weighted by molar-refractivity contribution is 6.32. The molecule has 2 rings (SSSR count). The second-order valence-electron chi connectivity index (χ2n) is 4.72. The number of hydrogen-bond donors (Lipinski definition) is 3. The van der Waals surface area contributed by atoms with E-state index in [0.29, 0.717) is 52.7 Å². The van der Waals surface area contributed by atoms with Crippen molar-refractivity contribution in [2.45, 2.75) is 0 Å². The molecule has 0 bridgehead atoms. The number of nitrogens with zero attached hydrogens (tertiary/aromatic N) is 2. The molecule has 1 aromatic carbocycles. The molecule has 0 saturated heterocycles. The Labute approximate surface area is 145 Å². The molecule has 0 atom stereocenters. The highest BCUT2D eigenvalue weighted by Gasteiger charge is 2.13. The number of nitrogens with two attached hydrogens (primary N) is 1. The van der Waals surface area contributed by atoms with Crippen LogP contribution in [0.5, 0.6) is 11.5 Å². The SMILES string of the molecule is COCCNc1ncnc(Nc2cc(Cl)c(OC)cc2OC)c1N. The third-order valence-corrected chi connectivity index (χ3v) is 3.50. The maximum absolute atomic E-state index is 6.17. The molecule has 4 N–H and O–H groups in total. The van der Waals surface area contributed by atoms with Crippen LogP contribution in [0.15, 0.2) is 18.5 Å². The monoisotopic (exact) mass is 353 g/mol. The van der Waals surface area contributed by atoms with E-state index in [9.17, 15) is 0 Å². The standard InChI is InChI=1S/C15H20ClN5O3/c1-22-5-4-18-14-13(17)15(20-8-19-14)21-10-6-9(16)11(23-2)7-12(10)24-3/h6-8H,4-5,17H2,1-3H3,(H2,18,19,20,21). The fourth-order valence-electron chi connectivity index (χ4n) is 1.99. The second-order valence-corrected chi connectivity index (χ2v) is 5.12. The molecule has 2 aromatic rings. The van der Waals surface area contributed by atoms with Gasteiger partial charge in [0.25, 0.3) is 0 Å². The van der Waals surface area contributed by atoms with Crippen molar-refractivity contribution in [3.8, 4) is 11.5 Å². The van der Waals surface area contributed by atoms with Crippen molar-refractivity contribution in [2.75, 3.05) is 50.8 Å². The van der Waals surface area contributed by atoms with E-state index in [1.807, 2.05) is 0 Å². The summed E-state index contributed by atoms with van der Waals surface area (Å²) in [4.78, 5) is 8.28. The third-order valence-electron chi connectivity index (χ3n) is 3.21. The minimum Gasteiger partial charge on any atom is -0.495 e. The van der Waals surface area contributed by atoms with Gasteiger partial charge in [-0.2, -0.15) is 0 Å². The summed E-state index contributed by atoms with van der Waals surface area (Å²) < 4.78 is 15.5. The first-order chi connectivity index (χ1) is 11.6. The van der Waals surface area contributed by atoms with E-state index in [2.05, 4.69) is 20.6 Å². The van der Waals surface area contributed by atoms with E-state index in [0.717, 1.165) is 0 Å². The van der Waals surface area contributed by atoms with E-state index >= 15 is 0 Å². The number of nitrogen functional groups attached to an aromatic ring is 1. The lowest BCUT2D eigenvalue weighted by Gasteiger charge is -2.15. The number of nitrogens with one attached hydrogen (secondary N) is 2. The van der Waals surface area contributed by atoms with Crippen molar-refractivity contribution >= 4 is 34.6 Å². The van der Waals surface area contributed by atoms with Gasteiger partial charge in [0, 0.05) is 19.7 Å². The topological polar surface area (TPSA) is 104 Å². The molecule has 24 heavy (non-hydrogen) atoms. The summed E-state index contributed by atoms with van der Waals surface area (Å²) in [7, 11) is 4.71. The summed E-state index contributed by atoms with van der Waals surface area (Å²) in [6.45, 7) is 1.11. The lowest BCUT2D eigenvalue weighted by Crippen LogP contribution is -2.12. The maximum atomic E-state index is 6.17. The Hall–Kier alpha value is -2.45. The van der Waals surface area contributed by atoms with Crippen LogP contribution in [0.1, 0.15) is 0 Å². The van der Waals surface area contributed by atoms with Crippen molar-refractivity contribution < 1.29 is 14.2 Å². The van der Waals surface area contributed by atoms with Gasteiger partial charge in [0.15, 0.2) is 11.6 Å². The highest BCUT2D eigenvalue weighted by atomic mass is 35.5. The average Bonchev–Trinajstić information content (AvgIpc) is 2.58. The van der Waals surface area contributed by atoms with Crippen molar-refractivity contribution in [3.05, 3.63) is 23.5 Å². The van der Waals surface area contributed by atoms with Gasteiger partial charge in [-0.1, -0.05) is 11.6 Å². The van der Waals surface area contributed by atoms with Crippen LogP contribution < -0.4 is 25.8 Å². The summed E-state index contributed by atoms with van der Waals surface area (Å²) >= 11 is 6.17. The molecule has 0 spiro atoms. The van der Waals surface area contributed by atoms with E-state index in [1.54, 1.807) is 26.4 Å². The van der Waals surface area contributed by atoms with Crippen LogP contribution in [0.2, 0.25) is 5.02 Å². The lowest BCUT2D eigenvalue weighted by molar-refractivity contribution is 0.210. The molecular weight excluding hydrogens is 334 g/mol. The summed E-state index contributed by atoms with van der Waals surface area (Å²) in [6, 6.07) is 3.36. The number of halogens is 1. The van der Waals surface area contributed by atoms with Gasteiger partial charge >= 0.3 is 0 Å². The van der Waals surface area contributed by atoms with Crippen LogP contribution in [0, 0.1) is 0 Å². The molecule has 1 aromatic heterocycles. The van der Waals surface area contributed by atoms with E-state index in [1.165, 1.54) is 13.4 Å². The molecule has 0 aliphatic heterocycles. The number of methoxy groups -OCH3 is 3. The van der Waals surface area contributed by atoms with E-state index in [-0.39, 0.29) is 0 Å². The summed E-state index contributed by atoms with van der Waals surface area (Å²) in [5.74, 6) is 2.01. The molecule has 1 heterocycles. The number of aromatic nitrogens is 2. The molecule has 0 unspecified atom stereocenters. The normalized spacial score (nSPS) is 10.3.